The third kappa shape index (κ3) is 3.05. The Morgan fingerprint density at radius 2 is 2.00 bits per heavy atom. The molecule has 0 unspecified atom stereocenters. The molecule has 1 fully saturated rings. The Balaban J connectivity index is 2.10. The van der Waals surface area contributed by atoms with Crippen LogP contribution >= 0.6 is 0 Å². The molecule has 0 aromatic heterocycles. The van der Waals surface area contributed by atoms with Crippen LogP contribution in [0.2, 0.25) is 0 Å². The van der Waals surface area contributed by atoms with Crippen LogP contribution < -0.4 is 9.64 Å². The van der Waals surface area contributed by atoms with Gasteiger partial charge in [0.25, 0.3) is 0 Å². The van der Waals surface area contributed by atoms with Crippen LogP contribution in [-0.4, -0.2) is 29.6 Å². The quantitative estimate of drug-likeness (QED) is 0.901. The van der Waals surface area contributed by atoms with E-state index in [1.165, 1.54) is 4.90 Å². The molecule has 5 nitrogen and oxygen atoms in total. The third-order valence-electron chi connectivity index (χ3n) is 2.99. The van der Waals surface area contributed by atoms with Gasteiger partial charge in [-0.15, -0.1) is 0 Å². The van der Waals surface area contributed by atoms with Crippen molar-refractivity contribution >= 4 is 17.6 Å². The van der Waals surface area contributed by atoms with E-state index in [0.717, 1.165) is 5.75 Å². The molecule has 0 radical (unpaired) electrons. The van der Waals surface area contributed by atoms with Gasteiger partial charge in [-0.25, -0.2) is 0 Å². The zero-order valence-corrected chi connectivity index (χ0v) is 11.0. The highest BCUT2D eigenvalue weighted by Gasteiger charge is 2.34. The molecular formula is C14H17NO4. The summed E-state index contributed by atoms with van der Waals surface area (Å²) in [6, 6.07) is 7.13. The molecule has 1 N–H and O–H groups in total. The lowest BCUT2D eigenvalue weighted by Gasteiger charge is -2.17. The zero-order valence-electron chi connectivity index (χ0n) is 11.0. The highest BCUT2D eigenvalue weighted by molar-refractivity contribution is 5.99. The molecule has 1 aromatic rings. The van der Waals surface area contributed by atoms with Crippen LogP contribution in [-0.2, 0) is 9.59 Å². The first-order chi connectivity index (χ1) is 8.97. The minimum atomic E-state index is -0.921. The first-order valence-corrected chi connectivity index (χ1v) is 6.27. The van der Waals surface area contributed by atoms with Gasteiger partial charge in [-0.05, 0) is 38.1 Å². The molecule has 1 atom stereocenters. The topological polar surface area (TPSA) is 66.8 Å². The van der Waals surface area contributed by atoms with Crippen molar-refractivity contribution in [3.05, 3.63) is 24.3 Å². The van der Waals surface area contributed by atoms with Crippen LogP contribution in [0.4, 0.5) is 5.69 Å². The molecule has 0 aliphatic carbocycles. The number of carbonyl (C=O) groups is 2. The second kappa shape index (κ2) is 5.30. The Morgan fingerprint density at radius 3 is 2.47 bits per heavy atom. The van der Waals surface area contributed by atoms with E-state index in [0.29, 0.717) is 5.69 Å². The molecule has 2 rings (SSSR count). The first kappa shape index (κ1) is 13.4. The van der Waals surface area contributed by atoms with Gasteiger partial charge in [0.1, 0.15) is 5.75 Å². The maximum absolute atomic E-state index is 11.8. The summed E-state index contributed by atoms with van der Waals surface area (Å²) >= 11 is 0. The average Bonchev–Trinajstić information content (AvgIpc) is 2.72. The van der Waals surface area contributed by atoms with Crippen molar-refractivity contribution in [1.29, 1.82) is 0 Å². The lowest BCUT2D eigenvalue weighted by Crippen LogP contribution is -2.25. The number of carboxylic acid groups (broad SMARTS) is 1. The van der Waals surface area contributed by atoms with E-state index in [1.54, 1.807) is 24.3 Å². The van der Waals surface area contributed by atoms with Crippen molar-refractivity contribution < 1.29 is 19.4 Å². The van der Waals surface area contributed by atoms with E-state index in [4.69, 9.17) is 9.84 Å². The minimum Gasteiger partial charge on any atom is -0.491 e. The maximum Gasteiger partial charge on any atom is 0.308 e. The van der Waals surface area contributed by atoms with Crippen LogP contribution in [0.1, 0.15) is 20.3 Å². The van der Waals surface area contributed by atoms with Crippen molar-refractivity contribution in [2.75, 3.05) is 11.4 Å². The molecule has 5 heteroatoms. The monoisotopic (exact) mass is 263 g/mol. The Bertz CT molecular complexity index is 481. The molecule has 0 spiro atoms. The van der Waals surface area contributed by atoms with Gasteiger partial charge >= 0.3 is 5.97 Å². The van der Waals surface area contributed by atoms with E-state index >= 15 is 0 Å². The highest BCUT2D eigenvalue weighted by Crippen LogP contribution is 2.27. The second-order valence-corrected chi connectivity index (χ2v) is 4.90. The fourth-order valence-corrected chi connectivity index (χ4v) is 2.10. The number of nitrogens with zero attached hydrogens (tertiary/aromatic N) is 1. The molecule has 1 heterocycles. The number of aliphatic carboxylic acids is 1. The first-order valence-electron chi connectivity index (χ1n) is 6.27. The minimum absolute atomic E-state index is 0.0690. The molecule has 0 saturated carbocycles. The van der Waals surface area contributed by atoms with Gasteiger partial charge < -0.3 is 14.7 Å². The van der Waals surface area contributed by atoms with Crippen LogP contribution in [0.25, 0.3) is 0 Å². The van der Waals surface area contributed by atoms with Crippen LogP contribution in [0, 0.1) is 5.92 Å². The number of hydrogen-bond acceptors (Lipinski definition) is 3. The SMILES string of the molecule is CC(C)Oc1ccc(N2C[C@H](C(=O)O)CC2=O)cc1. The lowest BCUT2D eigenvalue weighted by atomic mass is 10.1. The number of carboxylic acids is 1. The Hall–Kier alpha value is -2.04. The van der Waals surface area contributed by atoms with Crippen molar-refractivity contribution in [3.8, 4) is 5.75 Å². The predicted molar refractivity (Wildman–Crippen MR) is 70.3 cm³/mol. The van der Waals surface area contributed by atoms with Crippen LogP contribution in [0.3, 0.4) is 0 Å². The van der Waals surface area contributed by atoms with Gasteiger partial charge in [0.15, 0.2) is 0 Å². The summed E-state index contributed by atoms with van der Waals surface area (Å²) in [4.78, 5) is 24.2. The summed E-state index contributed by atoms with van der Waals surface area (Å²) in [6.45, 7) is 4.11. The standard InChI is InChI=1S/C14H17NO4/c1-9(2)19-12-5-3-11(4-6-12)15-8-10(14(17)18)7-13(15)16/h3-6,9-10H,7-8H2,1-2H3,(H,17,18)/t10-/m1/s1. The summed E-state index contributed by atoms with van der Waals surface area (Å²) in [5.74, 6) is -0.945. The molecule has 1 aromatic carbocycles. The number of amides is 1. The molecule has 0 bridgehead atoms. The smallest absolute Gasteiger partial charge is 0.308 e. The normalized spacial score (nSPS) is 19.0. The average molecular weight is 263 g/mol. The van der Waals surface area contributed by atoms with Crippen molar-refractivity contribution in [2.24, 2.45) is 5.92 Å². The molecule has 1 saturated heterocycles. The largest absolute Gasteiger partial charge is 0.491 e. The van der Waals surface area contributed by atoms with Gasteiger partial charge in [0, 0.05) is 18.7 Å². The Labute approximate surface area is 111 Å². The number of carbonyl (C=O) groups excluding carboxylic acids is 1. The van der Waals surface area contributed by atoms with Crippen LogP contribution in [0.5, 0.6) is 5.75 Å². The van der Waals surface area contributed by atoms with Crippen molar-refractivity contribution in [1.82, 2.24) is 0 Å². The number of benzene rings is 1. The fourth-order valence-electron chi connectivity index (χ4n) is 2.10. The summed E-state index contributed by atoms with van der Waals surface area (Å²) in [6.07, 6.45) is 0.162. The summed E-state index contributed by atoms with van der Waals surface area (Å²) < 4.78 is 5.52. The lowest BCUT2D eigenvalue weighted by molar-refractivity contribution is -0.141. The van der Waals surface area contributed by atoms with E-state index in [9.17, 15) is 9.59 Å². The third-order valence-corrected chi connectivity index (χ3v) is 2.99. The van der Waals surface area contributed by atoms with Gasteiger partial charge in [0.05, 0.1) is 12.0 Å². The van der Waals surface area contributed by atoms with Gasteiger partial charge in [-0.3, -0.25) is 9.59 Å². The Morgan fingerprint density at radius 1 is 1.37 bits per heavy atom. The van der Waals surface area contributed by atoms with E-state index < -0.39 is 11.9 Å². The van der Waals surface area contributed by atoms with E-state index in [2.05, 4.69) is 0 Å². The zero-order chi connectivity index (χ0) is 14.0. The second-order valence-electron chi connectivity index (χ2n) is 4.90. The Kier molecular flexibility index (Phi) is 3.74. The number of hydrogen-bond donors (Lipinski definition) is 1. The number of rotatable bonds is 4. The van der Waals surface area contributed by atoms with Crippen molar-refractivity contribution in [3.63, 3.8) is 0 Å². The highest BCUT2D eigenvalue weighted by atomic mass is 16.5. The molecule has 19 heavy (non-hydrogen) atoms. The number of ether oxygens (including phenoxy) is 1. The molecule has 1 aliphatic heterocycles. The molecule has 102 valence electrons. The summed E-state index contributed by atoms with van der Waals surface area (Å²) in [5.41, 5.74) is 0.713. The molecule has 1 amide bonds. The fraction of sp³-hybridized carbons (Fsp3) is 0.429. The predicted octanol–water partition coefficient (Wildman–Crippen LogP) is 1.91. The van der Waals surface area contributed by atoms with Crippen LogP contribution in [0.15, 0.2) is 24.3 Å². The van der Waals surface area contributed by atoms with Gasteiger partial charge in [-0.2, -0.15) is 0 Å². The van der Waals surface area contributed by atoms with E-state index in [1.807, 2.05) is 13.8 Å². The maximum atomic E-state index is 11.8. The van der Waals surface area contributed by atoms with Crippen molar-refractivity contribution in [2.45, 2.75) is 26.4 Å². The van der Waals surface area contributed by atoms with E-state index in [-0.39, 0.29) is 25.0 Å². The van der Waals surface area contributed by atoms with Gasteiger partial charge in [0.2, 0.25) is 5.91 Å². The summed E-state index contributed by atoms with van der Waals surface area (Å²) in [7, 11) is 0. The van der Waals surface area contributed by atoms with Gasteiger partial charge in [-0.1, -0.05) is 0 Å². The summed E-state index contributed by atoms with van der Waals surface area (Å²) in [5, 5.41) is 8.94. The molecular weight excluding hydrogens is 246 g/mol. The molecule has 1 aliphatic rings. The number of anilines is 1.